The van der Waals surface area contributed by atoms with Gasteiger partial charge in [0.2, 0.25) is 5.88 Å². The topological polar surface area (TPSA) is 57.2 Å². The first-order chi connectivity index (χ1) is 9.90. The maximum absolute atomic E-state index is 12.1. The van der Waals surface area contributed by atoms with Crippen LogP contribution >= 0.6 is 0 Å². The fourth-order valence-electron chi connectivity index (χ4n) is 1.53. The monoisotopic (exact) mass is 338 g/mol. The summed E-state index contributed by atoms with van der Waals surface area (Å²) in [5.41, 5.74) is 1.23. The molecule has 22 heavy (non-hydrogen) atoms. The quantitative estimate of drug-likeness (QED) is 0.836. The van der Waals surface area contributed by atoms with Crippen LogP contribution in [0.4, 0.5) is 13.2 Å². The van der Waals surface area contributed by atoms with Crippen molar-refractivity contribution in [1.29, 1.82) is 0 Å². The first-order valence-electron chi connectivity index (χ1n) is 6.74. The van der Waals surface area contributed by atoms with Gasteiger partial charge in [0, 0.05) is 23.1 Å². The second-order valence-electron chi connectivity index (χ2n) is 6.02. The summed E-state index contributed by atoms with van der Waals surface area (Å²) in [5, 5.41) is 0. The Bertz CT molecular complexity index is 504. The van der Waals surface area contributed by atoms with E-state index in [-0.39, 0.29) is 11.9 Å². The predicted molar refractivity (Wildman–Crippen MR) is 80.0 cm³/mol. The molecule has 0 radical (unpaired) electrons. The molecule has 8 heteroatoms. The van der Waals surface area contributed by atoms with Gasteiger partial charge in [0.05, 0.1) is 6.04 Å². The van der Waals surface area contributed by atoms with Crippen LogP contribution in [0.25, 0.3) is 0 Å². The lowest BCUT2D eigenvalue weighted by molar-refractivity contribution is -0.154. The fraction of sp³-hybridized carbons (Fsp3) is 0.643. The SMILES string of the molecule is Cc1cc(C(C)N[S+]([O-])C(C)(C)C)cnc1OCC(F)(F)F. The van der Waals surface area contributed by atoms with E-state index < -0.39 is 28.9 Å². The molecule has 0 aliphatic rings. The number of pyridine rings is 1. The molecule has 0 saturated heterocycles. The third-order valence-electron chi connectivity index (χ3n) is 2.76. The molecule has 0 amide bonds. The molecule has 0 aromatic carbocycles. The number of alkyl halides is 3. The zero-order chi connectivity index (χ0) is 17.1. The summed E-state index contributed by atoms with van der Waals surface area (Å²) in [6.45, 7) is 7.61. The lowest BCUT2D eigenvalue weighted by Gasteiger charge is -2.26. The minimum Gasteiger partial charge on any atom is -0.598 e. The summed E-state index contributed by atoms with van der Waals surface area (Å²) >= 11 is -1.25. The van der Waals surface area contributed by atoms with Crippen molar-refractivity contribution in [1.82, 2.24) is 9.71 Å². The molecule has 1 aromatic rings. The molecule has 4 nitrogen and oxygen atoms in total. The molecular weight excluding hydrogens is 317 g/mol. The zero-order valence-corrected chi connectivity index (χ0v) is 14.1. The van der Waals surface area contributed by atoms with Gasteiger partial charge in [0.15, 0.2) is 6.61 Å². The fourth-order valence-corrected chi connectivity index (χ4v) is 2.34. The third kappa shape index (κ3) is 6.02. The Morgan fingerprint density at radius 3 is 2.41 bits per heavy atom. The van der Waals surface area contributed by atoms with Gasteiger partial charge in [-0.3, -0.25) is 0 Å². The molecule has 0 fully saturated rings. The molecule has 0 aliphatic heterocycles. The van der Waals surface area contributed by atoms with Crippen LogP contribution in [-0.2, 0) is 11.4 Å². The van der Waals surface area contributed by atoms with Gasteiger partial charge in [-0.05, 0) is 46.2 Å². The normalized spacial score (nSPS) is 15.5. The van der Waals surface area contributed by atoms with Gasteiger partial charge >= 0.3 is 6.18 Å². The van der Waals surface area contributed by atoms with Crippen molar-refractivity contribution in [3.8, 4) is 5.88 Å². The van der Waals surface area contributed by atoms with Crippen molar-refractivity contribution in [2.75, 3.05) is 6.61 Å². The Labute approximate surface area is 131 Å². The first kappa shape index (κ1) is 19.1. The highest BCUT2D eigenvalue weighted by molar-refractivity contribution is 7.90. The van der Waals surface area contributed by atoms with Gasteiger partial charge in [-0.2, -0.15) is 13.2 Å². The Morgan fingerprint density at radius 1 is 1.36 bits per heavy atom. The van der Waals surface area contributed by atoms with E-state index in [1.54, 1.807) is 13.0 Å². The number of aryl methyl sites for hydroxylation is 1. The minimum atomic E-state index is -4.40. The summed E-state index contributed by atoms with van der Waals surface area (Å²) in [7, 11) is 0. The molecule has 2 atom stereocenters. The molecular formula is C14H21F3N2O2S. The smallest absolute Gasteiger partial charge is 0.422 e. The maximum atomic E-state index is 12.1. The van der Waals surface area contributed by atoms with Crippen molar-refractivity contribution in [2.45, 2.75) is 51.6 Å². The number of nitrogens with one attached hydrogen (secondary N) is 1. The van der Waals surface area contributed by atoms with Crippen molar-refractivity contribution in [2.24, 2.45) is 0 Å². The number of nitrogens with zero attached hydrogens (tertiary/aromatic N) is 1. The van der Waals surface area contributed by atoms with Gasteiger partial charge < -0.3 is 9.29 Å². The van der Waals surface area contributed by atoms with Crippen molar-refractivity contribution in [3.05, 3.63) is 23.4 Å². The summed E-state index contributed by atoms with van der Waals surface area (Å²) in [6, 6.07) is 1.43. The van der Waals surface area contributed by atoms with E-state index in [2.05, 4.69) is 14.4 Å². The molecule has 0 bridgehead atoms. The summed E-state index contributed by atoms with van der Waals surface area (Å²) < 4.78 is 55.7. The average Bonchev–Trinajstić information content (AvgIpc) is 2.34. The molecule has 1 aromatic heterocycles. The van der Waals surface area contributed by atoms with Gasteiger partial charge in [-0.25, -0.2) is 4.98 Å². The van der Waals surface area contributed by atoms with Crippen LogP contribution < -0.4 is 9.46 Å². The van der Waals surface area contributed by atoms with Crippen LogP contribution in [0.5, 0.6) is 5.88 Å². The van der Waals surface area contributed by atoms with Crippen LogP contribution in [0.1, 0.15) is 44.9 Å². The van der Waals surface area contributed by atoms with Crippen molar-refractivity contribution < 1.29 is 22.5 Å². The third-order valence-corrected chi connectivity index (χ3v) is 4.44. The van der Waals surface area contributed by atoms with Gasteiger partial charge in [-0.15, -0.1) is 4.72 Å². The van der Waals surface area contributed by atoms with E-state index in [9.17, 15) is 17.7 Å². The largest absolute Gasteiger partial charge is 0.598 e. The molecule has 0 spiro atoms. The van der Waals surface area contributed by atoms with Crippen LogP contribution in [0, 0.1) is 6.92 Å². The highest BCUT2D eigenvalue weighted by atomic mass is 32.2. The molecule has 0 saturated carbocycles. The highest BCUT2D eigenvalue weighted by Crippen LogP contribution is 2.24. The number of hydrogen-bond donors (Lipinski definition) is 1. The van der Waals surface area contributed by atoms with E-state index in [4.69, 9.17) is 0 Å². The van der Waals surface area contributed by atoms with Crippen molar-refractivity contribution >= 4 is 11.4 Å². The number of rotatable bonds is 5. The molecule has 1 rings (SSSR count). The van der Waals surface area contributed by atoms with Gasteiger partial charge in [-0.1, -0.05) is 0 Å². The Balaban J connectivity index is 2.76. The van der Waals surface area contributed by atoms with E-state index >= 15 is 0 Å². The maximum Gasteiger partial charge on any atom is 0.422 e. The summed E-state index contributed by atoms with van der Waals surface area (Å²) in [5.74, 6) is -0.0507. The lowest BCUT2D eigenvalue weighted by Crippen LogP contribution is -2.40. The number of hydrogen-bond acceptors (Lipinski definition) is 4. The Hall–Kier alpha value is -0.990. The van der Waals surface area contributed by atoms with Gasteiger partial charge in [0.1, 0.15) is 4.75 Å². The van der Waals surface area contributed by atoms with Crippen molar-refractivity contribution in [3.63, 3.8) is 0 Å². The lowest BCUT2D eigenvalue weighted by atomic mass is 10.1. The van der Waals surface area contributed by atoms with E-state index in [1.165, 1.54) is 6.20 Å². The molecule has 2 unspecified atom stereocenters. The van der Waals surface area contributed by atoms with E-state index in [0.29, 0.717) is 5.56 Å². The Morgan fingerprint density at radius 2 is 1.95 bits per heavy atom. The second-order valence-corrected chi connectivity index (χ2v) is 8.01. The Kier molecular flexibility index (Phi) is 6.11. The minimum absolute atomic E-state index is 0.0507. The highest BCUT2D eigenvalue weighted by Gasteiger charge is 2.30. The van der Waals surface area contributed by atoms with Crippen LogP contribution in [0.2, 0.25) is 0 Å². The van der Waals surface area contributed by atoms with Crippen LogP contribution in [0.15, 0.2) is 12.3 Å². The van der Waals surface area contributed by atoms with Gasteiger partial charge in [0.25, 0.3) is 0 Å². The number of aromatic nitrogens is 1. The standard InChI is InChI=1S/C14H21F3N2O2S/c1-9-6-11(10(2)19-22(20)13(3,4)5)7-18-12(9)21-8-14(15,16)17/h6-7,10,19H,8H2,1-5H3. The average molecular weight is 338 g/mol. The molecule has 0 aliphatic carbocycles. The molecule has 1 N–H and O–H groups in total. The summed E-state index contributed by atoms with van der Waals surface area (Å²) in [6.07, 6.45) is -2.97. The molecule has 126 valence electrons. The zero-order valence-electron chi connectivity index (χ0n) is 13.2. The number of halogens is 3. The van der Waals surface area contributed by atoms with Crippen LogP contribution in [-0.4, -0.2) is 27.1 Å². The number of ether oxygens (including phenoxy) is 1. The van der Waals surface area contributed by atoms with Crippen LogP contribution in [0.3, 0.4) is 0 Å². The van der Waals surface area contributed by atoms with E-state index in [1.807, 2.05) is 27.7 Å². The summed E-state index contributed by atoms with van der Waals surface area (Å²) in [4.78, 5) is 3.91. The molecule has 1 heterocycles. The van der Waals surface area contributed by atoms with E-state index in [0.717, 1.165) is 5.56 Å². The first-order valence-corrected chi connectivity index (χ1v) is 7.89. The predicted octanol–water partition coefficient (Wildman–Crippen LogP) is 3.44. The second kappa shape index (κ2) is 7.06.